The van der Waals surface area contributed by atoms with Crippen molar-refractivity contribution in [2.45, 2.75) is 20.8 Å². The molecule has 0 aliphatic carbocycles. The van der Waals surface area contributed by atoms with Crippen LogP contribution in [0.2, 0.25) is 0 Å². The first-order valence-corrected chi connectivity index (χ1v) is 5.01. The molecule has 0 unspecified atom stereocenters. The maximum absolute atomic E-state index is 9.14. The Morgan fingerprint density at radius 1 is 1.29 bits per heavy atom. The van der Waals surface area contributed by atoms with E-state index in [-0.39, 0.29) is 6.61 Å². The van der Waals surface area contributed by atoms with E-state index in [0.717, 1.165) is 11.1 Å². The lowest BCUT2D eigenvalue weighted by Gasteiger charge is -2.07. The summed E-state index contributed by atoms with van der Waals surface area (Å²) in [6.45, 7) is 6.40. The first-order valence-electron chi connectivity index (χ1n) is 5.01. The summed E-state index contributed by atoms with van der Waals surface area (Å²) >= 11 is 0. The van der Waals surface area contributed by atoms with E-state index in [9.17, 15) is 0 Å². The van der Waals surface area contributed by atoms with E-state index in [4.69, 9.17) is 5.11 Å². The van der Waals surface area contributed by atoms with Gasteiger partial charge < -0.3 is 5.11 Å². The van der Waals surface area contributed by atoms with Gasteiger partial charge in [-0.15, -0.1) is 0 Å². The Labute approximate surface area is 86.1 Å². The van der Waals surface area contributed by atoms with Gasteiger partial charge in [0.25, 0.3) is 0 Å². The van der Waals surface area contributed by atoms with E-state index in [1.165, 1.54) is 5.56 Å². The number of hydrogen-bond acceptors (Lipinski definition) is 1. The molecule has 76 valence electrons. The Morgan fingerprint density at radius 2 is 1.86 bits per heavy atom. The van der Waals surface area contributed by atoms with Gasteiger partial charge in [0.05, 0.1) is 6.61 Å². The molecule has 1 nitrogen and oxygen atoms in total. The molecule has 1 aromatic carbocycles. The van der Waals surface area contributed by atoms with Crippen molar-refractivity contribution in [2.75, 3.05) is 6.61 Å². The summed E-state index contributed by atoms with van der Waals surface area (Å²) in [5, 5.41) is 9.14. The number of hydrogen-bond donors (Lipinski definition) is 1. The highest BCUT2D eigenvalue weighted by molar-refractivity contribution is 5.53. The molecule has 0 fully saturated rings. The summed E-state index contributed by atoms with van der Waals surface area (Å²) in [6, 6.07) is 8.32. The van der Waals surface area contributed by atoms with Gasteiger partial charge in [-0.3, -0.25) is 0 Å². The molecule has 0 saturated heterocycles. The number of aliphatic hydroxyl groups excluding tert-OH is 1. The van der Waals surface area contributed by atoms with Crippen molar-refractivity contribution in [3.63, 3.8) is 0 Å². The summed E-state index contributed by atoms with van der Waals surface area (Å²) in [6.07, 6.45) is 2.06. The average Bonchev–Trinajstić information content (AvgIpc) is 2.16. The second-order valence-corrected chi connectivity index (χ2v) is 3.94. The lowest BCUT2D eigenvalue weighted by molar-refractivity contribution is 0.320. The zero-order valence-electron chi connectivity index (χ0n) is 9.12. The number of aliphatic hydroxyl groups is 1. The second kappa shape index (κ2) is 4.97. The van der Waals surface area contributed by atoms with Crippen molar-refractivity contribution in [1.29, 1.82) is 0 Å². The van der Waals surface area contributed by atoms with Crippen LogP contribution in [0.1, 0.15) is 25.0 Å². The summed E-state index contributed by atoms with van der Waals surface area (Å²) in [5.41, 5.74) is 3.50. The Morgan fingerprint density at radius 3 is 2.29 bits per heavy atom. The van der Waals surface area contributed by atoms with Gasteiger partial charge in [-0.25, -0.2) is 0 Å². The van der Waals surface area contributed by atoms with Crippen LogP contribution in [0.5, 0.6) is 0 Å². The van der Waals surface area contributed by atoms with Crippen LogP contribution in [-0.2, 0) is 0 Å². The van der Waals surface area contributed by atoms with Crippen LogP contribution < -0.4 is 0 Å². The van der Waals surface area contributed by atoms with Crippen molar-refractivity contribution in [1.82, 2.24) is 0 Å². The molecule has 1 heteroatoms. The Kier molecular flexibility index (Phi) is 3.90. The fraction of sp³-hybridized carbons (Fsp3) is 0.385. The summed E-state index contributed by atoms with van der Waals surface area (Å²) in [5.74, 6) is 0.404. The quantitative estimate of drug-likeness (QED) is 0.776. The standard InChI is InChI=1S/C13H18O/c1-10(2)13(9-14)8-12-6-4-11(3)5-7-12/h4-8,10,14H,9H2,1-3H3. The zero-order chi connectivity index (χ0) is 10.6. The fourth-order valence-electron chi connectivity index (χ4n) is 1.27. The third kappa shape index (κ3) is 3.00. The molecule has 0 radical (unpaired) electrons. The predicted octanol–water partition coefficient (Wildman–Crippen LogP) is 3.03. The van der Waals surface area contributed by atoms with Gasteiger partial charge in [0.15, 0.2) is 0 Å². The Bertz CT molecular complexity index is 307. The van der Waals surface area contributed by atoms with E-state index in [0.29, 0.717) is 5.92 Å². The van der Waals surface area contributed by atoms with Crippen molar-refractivity contribution in [3.8, 4) is 0 Å². The molecule has 0 saturated carbocycles. The fourth-order valence-corrected chi connectivity index (χ4v) is 1.27. The minimum atomic E-state index is 0.144. The highest BCUT2D eigenvalue weighted by atomic mass is 16.3. The number of benzene rings is 1. The van der Waals surface area contributed by atoms with Crippen LogP contribution >= 0.6 is 0 Å². The zero-order valence-corrected chi connectivity index (χ0v) is 9.12. The van der Waals surface area contributed by atoms with Crippen molar-refractivity contribution in [3.05, 3.63) is 41.0 Å². The molecule has 1 N–H and O–H groups in total. The minimum absolute atomic E-state index is 0.144. The van der Waals surface area contributed by atoms with Crippen LogP contribution in [0.3, 0.4) is 0 Å². The molecule has 0 heterocycles. The lowest BCUT2D eigenvalue weighted by Crippen LogP contribution is -1.98. The van der Waals surface area contributed by atoms with Gasteiger partial charge in [-0.2, -0.15) is 0 Å². The van der Waals surface area contributed by atoms with Gasteiger partial charge in [0.2, 0.25) is 0 Å². The van der Waals surface area contributed by atoms with Crippen LogP contribution in [0.15, 0.2) is 29.8 Å². The monoisotopic (exact) mass is 190 g/mol. The lowest BCUT2D eigenvalue weighted by atomic mass is 10.0. The normalized spacial score (nSPS) is 12.2. The van der Waals surface area contributed by atoms with E-state index in [1.54, 1.807) is 0 Å². The Hall–Kier alpha value is -1.08. The Balaban J connectivity index is 2.89. The SMILES string of the molecule is Cc1ccc(C=C(CO)C(C)C)cc1. The number of rotatable bonds is 3. The molecule has 14 heavy (non-hydrogen) atoms. The van der Waals surface area contributed by atoms with Gasteiger partial charge in [-0.1, -0.05) is 49.8 Å². The molecule has 0 bridgehead atoms. The van der Waals surface area contributed by atoms with E-state index >= 15 is 0 Å². The summed E-state index contributed by atoms with van der Waals surface area (Å²) < 4.78 is 0. The van der Waals surface area contributed by atoms with Gasteiger partial charge in [0.1, 0.15) is 0 Å². The first kappa shape index (κ1) is 11.0. The molecule has 1 aromatic rings. The van der Waals surface area contributed by atoms with Crippen LogP contribution in [0.25, 0.3) is 6.08 Å². The third-order valence-corrected chi connectivity index (χ3v) is 2.35. The largest absolute Gasteiger partial charge is 0.392 e. The van der Waals surface area contributed by atoms with Gasteiger partial charge in [-0.05, 0) is 24.0 Å². The molecule has 0 spiro atoms. The molecule has 1 rings (SSSR count). The minimum Gasteiger partial charge on any atom is -0.392 e. The van der Waals surface area contributed by atoms with Crippen LogP contribution in [0, 0.1) is 12.8 Å². The second-order valence-electron chi connectivity index (χ2n) is 3.94. The molecule has 0 aliphatic rings. The topological polar surface area (TPSA) is 20.2 Å². The van der Waals surface area contributed by atoms with Crippen molar-refractivity contribution < 1.29 is 5.11 Å². The van der Waals surface area contributed by atoms with Gasteiger partial charge >= 0.3 is 0 Å². The van der Waals surface area contributed by atoms with Crippen molar-refractivity contribution >= 4 is 6.08 Å². The third-order valence-electron chi connectivity index (χ3n) is 2.35. The summed E-state index contributed by atoms with van der Waals surface area (Å²) in [7, 11) is 0. The molecular formula is C13H18O. The average molecular weight is 190 g/mol. The molecular weight excluding hydrogens is 172 g/mol. The molecule has 0 aliphatic heterocycles. The molecule has 0 atom stereocenters. The smallest absolute Gasteiger partial charge is 0.0647 e. The van der Waals surface area contributed by atoms with Crippen LogP contribution in [-0.4, -0.2) is 11.7 Å². The van der Waals surface area contributed by atoms with E-state index in [2.05, 4.69) is 51.1 Å². The van der Waals surface area contributed by atoms with Gasteiger partial charge in [0, 0.05) is 0 Å². The van der Waals surface area contributed by atoms with E-state index < -0.39 is 0 Å². The van der Waals surface area contributed by atoms with Crippen LogP contribution in [0.4, 0.5) is 0 Å². The first-order chi connectivity index (χ1) is 6.63. The predicted molar refractivity (Wildman–Crippen MR) is 61.1 cm³/mol. The summed E-state index contributed by atoms with van der Waals surface area (Å²) in [4.78, 5) is 0. The molecule has 0 aromatic heterocycles. The number of aryl methyl sites for hydroxylation is 1. The molecule has 0 amide bonds. The maximum Gasteiger partial charge on any atom is 0.0647 e. The van der Waals surface area contributed by atoms with E-state index in [1.807, 2.05) is 0 Å². The highest BCUT2D eigenvalue weighted by Gasteiger charge is 2.01. The maximum atomic E-state index is 9.14. The van der Waals surface area contributed by atoms with Crippen molar-refractivity contribution in [2.24, 2.45) is 5.92 Å². The highest BCUT2D eigenvalue weighted by Crippen LogP contribution is 2.14.